The van der Waals surface area contributed by atoms with Crippen molar-refractivity contribution in [3.05, 3.63) is 87.8 Å². The lowest BCUT2D eigenvalue weighted by molar-refractivity contribution is -0.131. The number of fused-ring (bicyclic) bond motifs is 1. The summed E-state index contributed by atoms with van der Waals surface area (Å²) in [5.74, 6) is 0.0749. The first-order valence-electron chi connectivity index (χ1n) is 10.2. The number of thioether (sulfide) groups is 1. The molecule has 0 amide bonds. The Labute approximate surface area is 200 Å². The number of nitrogens with zero attached hydrogens (tertiary/aromatic N) is 1. The predicted octanol–water partition coefficient (Wildman–Crippen LogP) is 6.41. The van der Waals surface area contributed by atoms with Crippen molar-refractivity contribution in [2.75, 3.05) is 6.61 Å². The first-order chi connectivity index (χ1) is 16.0. The van der Waals surface area contributed by atoms with Gasteiger partial charge in [0.2, 0.25) is 0 Å². The number of hydrogen-bond donors (Lipinski definition) is 2. The summed E-state index contributed by atoms with van der Waals surface area (Å²) in [6.07, 6.45) is 1.59. The highest BCUT2D eigenvalue weighted by Crippen LogP contribution is 2.33. The normalized spacial score (nSPS) is 11.5. The van der Waals surface area contributed by atoms with Gasteiger partial charge in [-0.2, -0.15) is 0 Å². The summed E-state index contributed by atoms with van der Waals surface area (Å²) >= 11 is 6.99. The van der Waals surface area contributed by atoms with Gasteiger partial charge in [-0.15, -0.1) is 0 Å². The molecule has 0 aliphatic carbocycles. The predicted molar refractivity (Wildman–Crippen MR) is 131 cm³/mol. The SMILES string of the molecule is CCOc1cc(/C=C(\Sc2nc3ccccc3[nH]2)C(=O)O)ccc1OCc1ccc(Cl)cc1. The summed E-state index contributed by atoms with van der Waals surface area (Å²) in [5.41, 5.74) is 3.29. The van der Waals surface area contributed by atoms with E-state index in [1.54, 1.807) is 24.3 Å². The van der Waals surface area contributed by atoms with E-state index in [9.17, 15) is 9.90 Å². The summed E-state index contributed by atoms with van der Waals surface area (Å²) in [7, 11) is 0. The standard InChI is InChI=1S/C25H21ClN2O4S/c1-2-31-22-13-17(9-12-21(22)32-15-16-7-10-18(26)11-8-16)14-23(24(29)30)33-25-27-19-5-3-4-6-20(19)28-25/h3-14H,2,15H2,1H3,(H,27,28)(H,29,30)/b23-14-. The van der Waals surface area contributed by atoms with Gasteiger partial charge in [-0.1, -0.05) is 41.9 Å². The van der Waals surface area contributed by atoms with Crippen LogP contribution in [0.5, 0.6) is 11.5 Å². The highest BCUT2D eigenvalue weighted by Gasteiger charge is 2.14. The number of para-hydroxylation sites is 2. The van der Waals surface area contributed by atoms with Gasteiger partial charge < -0.3 is 19.6 Å². The van der Waals surface area contributed by atoms with Gasteiger partial charge >= 0.3 is 5.97 Å². The quantitative estimate of drug-likeness (QED) is 0.212. The molecule has 0 aliphatic heterocycles. The second-order valence-corrected chi connectivity index (χ2v) is 8.50. The average molecular weight is 481 g/mol. The van der Waals surface area contributed by atoms with E-state index in [4.69, 9.17) is 21.1 Å². The van der Waals surface area contributed by atoms with Crippen LogP contribution in [0.15, 0.2) is 76.8 Å². The maximum absolute atomic E-state index is 11.9. The number of carboxylic acids is 1. The molecule has 3 aromatic carbocycles. The largest absolute Gasteiger partial charge is 0.490 e. The number of nitrogens with one attached hydrogen (secondary N) is 1. The molecule has 168 valence electrons. The summed E-state index contributed by atoms with van der Waals surface area (Å²) in [6, 6.07) is 20.3. The fourth-order valence-corrected chi connectivity index (χ4v) is 4.03. The Morgan fingerprint density at radius 2 is 1.88 bits per heavy atom. The molecule has 2 N–H and O–H groups in total. The summed E-state index contributed by atoms with van der Waals surface area (Å²) < 4.78 is 11.7. The van der Waals surface area contributed by atoms with E-state index in [1.165, 1.54) is 0 Å². The van der Waals surface area contributed by atoms with Crippen molar-refractivity contribution < 1.29 is 19.4 Å². The molecule has 0 bridgehead atoms. The van der Waals surface area contributed by atoms with E-state index >= 15 is 0 Å². The lowest BCUT2D eigenvalue weighted by atomic mass is 10.2. The molecule has 8 heteroatoms. The Hall–Kier alpha value is -3.42. The van der Waals surface area contributed by atoms with E-state index < -0.39 is 5.97 Å². The van der Waals surface area contributed by atoms with Gasteiger partial charge in [-0.05, 0) is 72.3 Å². The highest BCUT2D eigenvalue weighted by atomic mass is 35.5. The zero-order chi connectivity index (χ0) is 23.2. The molecule has 0 radical (unpaired) electrons. The third-order valence-corrected chi connectivity index (χ3v) is 5.81. The van der Waals surface area contributed by atoms with Crippen molar-refractivity contribution in [3.63, 3.8) is 0 Å². The van der Waals surface area contributed by atoms with Gasteiger partial charge in [0.25, 0.3) is 0 Å². The third-order valence-electron chi connectivity index (χ3n) is 4.66. The first kappa shape index (κ1) is 22.8. The van der Waals surface area contributed by atoms with Gasteiger partial charge in [-0.3, -0.25) is 0 Å². The topological polar surface area (TPSA) is 84.4 Å². The van der Waals surface area contributed by atoms with E-state index in [1.807, 2.05) is 55.5 Å². The minimum Gasteiger partial charge on any atom is -0.490 e. The fourth-order valence-electron chi connectivity index (χ4n) is 3.11. The number of halogens is 1. The summed E-state index contributed by atoms with van der Waals surface area (Å²) in [4.78, 5) is 19.6. The van der Waals surface area contributed by atoms with Crippen LogP contribution in [0.2, 0.25) is 5.02 Å². The summed E-state index contributed by atoms with van der Waals surface area (Å²) in [6.45, 7) is 2.68. The molecule has 0 atom stereocenters. The molecular formula is C25H21ClN2O4S. The minimum absolute atomic E-state index is 0.131. The molecule has 1 aromatic heterocycles. The van der Waals surface area contributed by atoms with Crippen LogP contribution in [0.3, 0.4) is 0 Å². The van der Waals surface area contributed by atoms with Gasteiger partial charge in [0, 0.05) is 5.02 Å². The Balaban J connectivity index is 1.55. The molecular weight excluding hydrogens is 460 g/mol. The van der Waals surface area contributed by atoms with Crippen LogP contribution in [0.1, 0.15) is 18.1 Å². The number of imidazole rings is 1. The third kappa shape index (κ3) is 5.88. The highest BCUT2D eigenvalue weighted by molar-refractivity contribution is 8.04. The second kappa shape index (κ2) is 10.5. The van der Waals surface area contributed by atoms with Gasteiger partial charge in [-0.25, -0.2) is 9.78 Å². The molecule has 4 rings (SSSR count). The molecule has 0 unspecified atom stereocenters. The molecule has 0 saturated carbocycles. The zero-order valence-electron chi connectivity index (χ0n) is 17.7. The van der Waals surface area contributed by atoms with Crippen molar-refractivity contribution in [2.24, 2.45) is 0 Å². The number of rotatable bonds is 9. The lowest BCUT2D eigenvalue weighted by Crippen LogP contribution is -2.00. The van der Waals surface area contributed by atoms with Crippen molar-refractivity contribution >= 4 is 46.4 Å². The number of hydrogen-bond acceptors (Lipinski definition) is 5. The van der Waals surface area contributed by atoms with Crippen LogP contribution in [0.4, 0.5) is 0 Å². The fraction of sp³-hybridized carbons (Fsp3) is 0.120. The lowest BCUT2D eigenvalue weighted by Gasteiger charge is -2.13. The van der Waals surface area contributed by atoms with Crippen molar-refractivity contribution in [3.8, 4) is 11.5 Å². The Morgan fingerprint density at radius 3 is 2.61 bits per heavy atom. The van der Waals surface area contributed by atoms with Crippen LogP contribution < -0.4 is 9.47 Å². The number of aliphatic carboxylic acids is 1. The van der Waals surface area contributed by atoms with Gasteiger partial charge in [0.1, 0.15) is 11.5 Å². The number of benzene rings is 3. The molecule has 0 saturated heterocycles. The van der Waals surface area contributed by atoms with Crippen LogP contribution >= 0.6 is 23.4 Å². The Kier molecular flexibility index (Phi) is 7.22. The van der Waals surface area contributed by atoms with E-state index in [-0.39, 0.29) is 4.91 Å². The molecule has 4 aromatic rings. The van der Waals surface area contributed by atoms with E-state index in [0.717, 1.165) is 28.4 Å². The number of carbonyl (C=O) groups is 1. The average Bonchev–Trinajstić information content (AvgIpc) is 3.22. The number of ether oxygens (including phenoxy) is 2. The molecule has 0 spiro atoms. The maximum Gasteiger partial charge on any atom is 0.342 e. The Bertz CT molecular complexity index is 1270. The maximum atomic E-state index is 11.9. The molecule has 6 nitrogen and oxygen atoms in total. The number of aromatic amines is 1. The van der Waals surface area contributed by atoms with Crippen molar-refractivity contribution in [1.29, 1.82) is 0 Å². The van der Waals surface area contributed by atoms with Crippen LogP contribution in [0.25, 0.3) is 17.1 Å². The van der Waals surface area contributed by atoms with Crippen LogP contribution in [-0.4, -0.2) is 27.7 Å². The van der Waals surface area contributed by atoms with Gasteiger partial charge in [0.05, 0.1) is 17.6 Å². The second-order valence-electron chi connectivity index (χ2n) is 7.03. The van der Waals surface area contributed by atoms with Crippen molar-refractivity contribution in [2.45, 2.75) is 18.7 Å². The molecule has 0 fully saturated rings. The molecule has 33 heavy (non-hydrogen) atoms. The van der Waals surface area contributed by atoms with Crippen molar-refractivity contribution in [1.82, 2.24) is 9.97 Å². The van der Waals surface area contributed by atoms with Gasteiger partial charge in [0.15, 0.2) is 16.7 Å². The number of aromatic nitrogens is 2. The summed E-state index contributed by atoms with van der Waals surface area (Å²) in [5, 5.41) is 10.9. The Morgan fingerprint density at radius 1 is 1.09 bits per heavy atom. The first-order valence-corrected chi connectivity index (χ1v) is 11.4. The molecule has 0 aliphatic rings. The molecule has 1 heterocycles. The number of carboxylic acid groups (broad SMARTS) is 1. The monoisotopic (exact) mass is 480 g/mol. The van der Waals surface area contributed by atoms with E-state index in [0.29, 0.717) is 40.5 Å². The van der Waals surface area contributed by atoms with E-state index in [2.05, 4.69) is 9.97 Å². The van der Waals surface area contributed by atoms with Crippen LogP contribution in [0, 0.1) is 0 Å². The smallest absolute Gasteiger partial charge is 0.342 e. The van der Waals surface area contributed by atoms with Crippen LogP contribution in [-0.2, 0) is 11.4 Å². The number of H-pyrrole nitrogens is 1. The minimum atomic E-state index is -1.04. The zero-order valence-corrected chi connectivity index (χ0v) is 19.3.